The number of benzene rings is 3. The number of hydrogen-bond acceptors (Lipinski definition) is 7. The van der Waals surface area contributed by atoms with Crippen LogP contribution in [0.2, 0.25) is 0 Å². The summed E-state index contributed by atoms with van der Waals surface area (Å²) in [6.45, 7) is 8.67. The van der Waals surface area contributed by atoms with Crippen molar-refractivity contribution in [2.75, 3.05) is 19.1 Å². The van der Waals surface area contributed by atoms with Gasteiger partial charge in [-0.25, -0.2) is 9.78 Å². The molecule has 0 spiro atoms. The van der Waals surface area contributed by atoms with Crippen molar-refractivity contribution < 1.29 is 22.4 Å². The Morgan fingerprint density at radius 3 is 2.36 bits per heavy atom. The second kappa shape index (κ2) is 10.7. The fourth-order valence-corrected chi connectivity index (χ4v) is 7.99. The number of carbonyl (C=O) groups excluding carboxylic acids is 1. The molecule has 3 aromatic carbocycles. The fraction of sp³-hybridized carbons (Fsp3) is 0.242. The van der Waals surface area contributed by atoms with Crippen LogP contribution in [0.5, 0.6) is 0 Å². The zero-order valence-electron chi connectivity index (χ0n) is 25.4. The van der Waals surface area contributed by atoms with E-state index in [-0.39, 0.29) is 27.9 Å². The Labute approximate surface area is 258 Å². The zero-order chi connectivity index (χ0) is 31.4. The van der Waals surface area contributed by atoms with E-state index in [1.54, 1.807) is 25.1 Å². The summed E-state index contributed by atoms with van der Waals surface area (Å²) in [4.78, 5) is 16.9. The average Bonchev–Trinajstić information content (AvgIpc) is 3.75. The minimum Gasteiger partial charge on any atom is -0.460 e. The summed E-state index contributed by atoms with van der Waals surface area (Å²) in [6.07, 6.45) is 9.54. The van der Waals surface area contributed by atoms with Gasteiger partial charge in [-0.2, -0.15) is 27.8 Å². The van der Waals surface area contributed by atoms with Crippen LogP contribution in [-0.4, -0.2) is 56.4 Å². The highest BCUT2D eigenvalue weighted by Gasteiger charge is 2.31. The van der Waals surface area contributed by atoms with Gasteiger partial charge >= 0.3 is 5.97 Å². The highest BCUT2D eigenvalue weighted by Crippen LogP contribution is 2.55. The first-order valence-corrected chi connectivity index (χ1v) is 18.0. The third kappa shape index (κ3) is 4.80. The van der Waals surface area contributed by atoms with Gasteiger partial charge in [-0.1, -0.05) is 51.1 Å². The number of oxazole rings is 1. The molecular weight excluding hydrogens is 597 g/mol. The summed E-state index contributed by atoms with van der Waals surface area (Å²) in [5, 5.41) is 5.86. The first-order chi connectivity index (χ1) is 20.8. The van der Waals surface area contributed by atoms with Crippen LogP contribution in [0.3, 0.4) is 0 Å². The second-order valence-electron chi connectivity index (χ2n) is 11.8. The average molecular weight is 631 g/mol. The lowest BCUT2D eigenvalue weighted by atomic mass is 9.97. The van der Waals surface area contributed by atoms with Crippen LogP contribution in [0.1, 0.15) is 38.2 Å². The molecule has 11 heteroatoms. The van der Waals surface area contributed by atoms with E-state index >= 15 is 0 Å². The molecule has 9 nitrogen and oxygen atoms in total. The Hall–Kier alpha value is -4.35. The molecular formula is C33H34N4O5S2. The summed E-state index contributed by atoms with van der Waals surface area (Å²) in [7, 11) is -5.28. The van der Waals surface area contributed by atoms with Gasteiger partial charge in [0.25, 0.3) is 10.0 Å². The van der Waals surface area contributed by atoms with Crippen LogP contribution >= 0.6 is 10.2 Å². The van der Waals surface area contributed by atoms with Crippen molar-refractivity contribution in [3.8, 4) is 22.6 Å². The lowest BCUT2D eigenvalue weighted by Gasteiger charge is -2.46. The summed E-state index contributed by atoms with van der Waals surface area (Å²) >= 11 is 0. The Balaban J connectivity index is 1.61. The van der Waals surface area contributed by atoms with Crippen molar-refractivity contribution in [3.63, 3.8) is 0 Å². The third-order valence-corrected chi connectivity index (χ3v) is 14.0. The maximum atomic E-state index is 13.8. The van der Waals surface area contributed by atoms with Crippen molar-refractivity contribution in [1.82, 2.24) is 18.1 Å². The number of hydrogen-bond donors (Lipinski definition) is 0. The molecule has 0 atom stereocenters. The highest BCUT2D eigenvalue weighted by molar-refractivity contribution is 8.32. The maximum Gasteiger partial charge on any atom is 0.375 e. The molecule has 3 heterocycles. The molecule has 0 fully saturated rings. The standard InChI is InChI=1S/C33H34N4O5S2/c1-7-41-32(38)30-21-34-31(42-30)26-18-22(19-29-27(26)20-35-37(29)44(39,40)23-12-9-8-10-13-23)24-14-11-15-28-25(24)16-17-36(28)43(5,6)33(2,3)4/h8-21H,7H2,1-6H3. The van der Waals surface area contributed by atoms with Crippen LogP contribution in [-0.2, 0) is 14.8 Å². The zero-order valence-corrected chi connectivity index (χ0v) is 27.1. The van der Waals surface area contributed by atoms with Crippen molar-refractivity contribution in [1.29, 1.82) is 0 Å². The smallest absolute Gasteiger partial charge is 0.375 e. The van der Waals surface area contributed by atoms with E-state index in [1.807, 2.05) is 24.3 Å². The van der Waals surface area contributed by atoms with Crippen molar-refractivity contribution in [2.24, 2.45) is 0 Å². The maximum absolute atomic E-state index is 13.8. The predicted molar refractivity (Wildman–Crippen MR) is 176 cm³/mol. The number of rotatable bonds is 7. The van der Waals surface area contributed by atoms with E-state index in [2.05, 4.69) is 65.7 Å². The molecule has 3 aromatic heterocycles. The monoisotopic (exact) mass is 630 g/mol. The SMILES string of the molecule is CCOC(=O)c1cnc(-c2cc(-c3cccc4c3ccn4S(C)(C)C(C)(C)C)cc3c2cnn3S(=O)(=O)c2ccccc2)o1. The van der Waals surface area contributed by atoms with E-state index in [1.165, 1.54) is 24.5 Å². The molecule has 0 aliphatic rings. The van der Waals surface area contributed by atoms with Gasteiger partial charge in [-0.05, 0) is 67.0 Å². The molecule has 0 radical (unpaired) electrons. The first-order valence-electron chi connectivity index (χ1n) is 14.1. The van der Waals surface area contributed by atoms with Crippen molar-refractivity contribution in [3.05, 3.63) is 91.1 Å². The molecule has 0 unspecified atom stereocenters. The lowest BCUT2D eigenvalue weighted by molar-refractivity contribution is 0.0491. The topological polar surface area (TPSA) is 109 Å². The quantitative estimate of drug-likeness (QED) is 0.170. The minimum absolute atomic E-state index is 0.0451. The van der Waals surface area contributed by atoms with Gasteiger partial charge in [0.15, 0.2) is 0 Å². The Morgan fingerprint density at radius 1 is 0.909 bits per heavy atom. The Morgan fingerprint density at radius 2 is 1.66 bits per heavy atom. The summed E-state index contributed by atoms with van der Waals surface area (Å²) in [5.41, 5.74) is 3.61. The van der Waals surface area contributed by atoms with E-state index in [0.717, 1.165) is 26.1 Å². The van der Waals surface area contributed by atoms with Crippen LogP contribution in [0.15, 0.2) is 94.6 Å². The first kappa shape index (κ1) is 29.7. The molecule has 0 aliphatic carbocycles. The van der Waals surface area contributed by atoms with E-state index < -0.39 is 26.2 Å². The van der Waals surface area contributed by atoms with Crippen LogP contribution in [0.25, 0.3) is 44.4 Å². The number of ether oxygens (including phenoxy) is 1. The minimum atomic E-state index is -4.03. The molecule has 0 amide bonds. The van der Waals surface area contributed by atoms with E-state index in [0.29, 0.717) is 16.5 Å². The number of aromatic nitrogens is 4. The van der Waals surface area contributed by atoms with Crippen molar-refractivity contribution >= 4 is 48.0 Å². The molecule has 0 N–H and O–H groups in total. The van der Waals surface area contributed by atoms with Gasteiger partial charge in [-0.15, -0.1) is 0 Å². The number of esters is 1. The summed E-state index contributed by atoms with van der Waals surface area (Å²) in [6, 6.07) is 20.2. The van der Waals surface area contributed by atoms with Crippen molar-refractivity contribution in [2.45, 2.75) is 37.3 Å². The normalized spacial score (nSPS) is 13.0. The molecule has 0 saturated carbocycles. The Bertz CT molecular complexity index is 2140. The fourth-order valence-electron chi connectivity index (χ4n) is 5.10. The second-order valence-corrected chi connectivity index (χ2v) is 17.7. The summed E-state index contributed by atoms with van der Waals surface area (Å²) < 4.78 is 42.0. The van der Waals surface area contributed by atoms with Crippen LogP contribution < -0.4 is 0 Å². The third-order valence-electron chi connectivity index (χ3n) is 8.14. The lowest BCUT2D eigenvalue weighted by Crippen LogP contribution is -2.27. The molecule has 0 aliphatic heterocycles. The molecule has 6 aromatic rings. The van der Waals surface area contributed by atoms with Gasteiger partial charge in [0, 0.05) is 27.3 Å². The molecule has 6 rings (SSSR count). The highest BCUT2D eigenvalue weighted by atomic mass is 32.3. The van der Waals surface area contributed by atoms with Gasteiger partial charge in [0.1, 0.15) is 0 Å². The molecule has 0 saturated heterocycles. The van der Waals surface area contributed by atoms with Crippen LogP contribution in [0, 0.1) is 0 Å². The van der Waals surface area contributed by atoms with Gasteiger partial charge in [-0.3, -0.25) is 0 Å². The van der Waals surface area contributed by atoms with Gasteiger partial charge < -0.3 is 13.1 Å². The van der Waals surface area contributed by atoms with E-state index in [9.17, 15) is 13.2 Å². The van der Waals surface area contributed by atoms with Gasteiger partial charge in [0.05, 0.1) is 34.9 Å². The predicted octanol–water partition coefficient (Wildman–Crippen LogP) is 7.35. The van der Waals surface area contributed by atoms with E-state index in [4.69, 9.17) is 9.15 Å². The number of carbonyl (C=O) groups is 1. The largest absolute Gasteiger partial charge is 0.460 e. The van der Waals surface area contributed by atoms with Crippen LogP contribution in [0.4, 0.5) is 0 Å². The Kier molecular flexibility index (Phi) is 7.21. The van der Waals surface area contributed by atoms with Gasteiger partial charge in [0.2, 0.25) is 11.7 Å². The number of fused-ring (bicyclic) bond motifs is 2. The molecule has 0 bridgehead atoms. The molecule has 228 valence electrons. The number of nitrogens with zero attached hydrogens (tertiary/aromatic N) is 4. The summed E-state index contributed by atoms with van der Waals surface area (Å²) in [5.74, 6) is -0.521. The molecule has 44 heavy (non-hydrogen) atoms.